The molecule has 10 nitrogen and oxygen atoms in total. The molecule has 0 fully saturated rings. The Balaban J connectivity index is 2.35. The van der Waals surface area contributed by atoms with Crippen molar-refractivity contribution in [2.75, 3.05) is 0 Å². The standard InChI is InChI=1S/C8H8N6O4S/c1-12-5(14(17)18)3-10-8(12)6(19)7-9-2-4(11-7)13(15)16/h2-3,6,19H,1H3,(H,9,11). The van der Waals surface area contributed by atoms with Crippen LogP contribution < -0.4 is 0 Å². The molecule has 1 unspecified atom stereocenters. The van der Waals surface area contributed by atoms with E-state index >= 15 is 0 Å². The molecule has 0 spiro atoms. The fraction of sp³-hybridized carbons (Fsp3) is 0.250. The molecule has 2 rings (SSSR count). The third kappa shape index (κ3) is 2.27. The minimum absolute atomic E-state index is 0.193. The lowest BCUT2D eigenvalue weighted by atomic mass is 10.4. The first-order valence-corrected chi connectivity index (χ1v) is 5.46. The molecule has 0 amide bonds. The van der Waals surface area contributed by atoms with Crippen molar-refractivity contribution >= 4 is 24.3 Å². The zero-order valence-corrected chi connectivity index (χ0v) is 10.4. The highest BCUT2D eigenvalue weighted by Gasteiger charge is 2.28. The molecule has 0 saturated heterocycles. The highest BCUT2D eigenvalue weighted by atomic mass is 32.1. The van der Waals surface area contributed by atoms with Gasteiger partial charge >= 0.3 is 11.6 Å². The minimum Gasteiger partial charge on any atom is -0.358 e. The van der Waals surface area contributed by atoms with Gasteiger partial charge in [-0.25, -0.2) is 19.5 Å². The molecule has 19 heavy (non-hydrogen) atoms. The van der Waals surface area contributed by atoms with Crippen LogP contribution in [0, 0.1) is 20.2 Å². The van der Waals surface area contributed by atoms with Crippen molar-refractivity contribution in [3.8, 4) is 0 Å². The monoisotopic (exact) mass is 284 g/mol. The van der Waals surface area contributed by atoms with Crippen LogP contribution in [0.3, 0.4) is 0 Å². The van der Waals surface area contributed by atoms with E-state index in [4.69, 9.17) is 0 Å². The predicted octanol–water partition coefficient (Wildman–Crippen LogP) is 0.979. The molecule has 0 radical (unpaired) electrons. The molecule has 2 aromatic rings. The summed E-state index contributed by atoms with van der Waals surface area (Å²) in [6.45, 7) is 0. The van der Waals surface area contributed by atoms with Crippen LogP contribution in [0.5, 0.6) is 0 Å². The van der Waals surface area contributed by atoms with Crippen molar-refractivity contribution in [2.24, 2.45) is 7.05 Å². The minimum atomic E-state index is -0.729. The molecule has 1 N–H and O–H groups in total. The van der Waals surface area contributed by atoms with Crippen LogP contribution in [0.15, 0.2) is 12.4 Å². The Bertz CT molecular complexity index is 649. The number of nitrogens with zero attached hydrogens (tertiary/aromatic N) is 5. The average molecular weight is 284 g/mol. The molecule has 0 saturated carbocycles. The zero-order chi connectivity index (χ0) is 14.2. The molecular weight excluding hydrogens is 276 g/mol. The van der Waals surface area contributed by atoms with Crippen LogP contribution in [0.2, 0.25) is 0 Å². The second-order valence-electron chi connectivity index (χ2n) is 3.60. The lowest BCUT2D eigenvalue weighted by Crippen LogP contribution is -2.06. The largest absolute Gasteiger partial charge is 0.358 e. The number of aromatic amines is 1. The van der Waals surface area contributed by atoms with Gasteiger partial charge in [-0.3, -0.25) is 0 Å². The maximum atomic E-state index is 10.7. The van der Waals surface area contributed by atoms with Crippen LogP contribution in [0.25, 0.3) is 0 Å². The Morgan fingerprint density at radius 2 is 2.00 bits per heavy atom. The molecule has 1 atom stereocenters. The maximum absolute atomic E-state index is 10.7. The summed E-state index contributed by atoms with van der Waals surface area (Å²) >= 11 is 4.22. The molecule has 0 aliphatic heterocycles. The molecule has 0 aliphatic rings. The summed E-state index contributed by atoms with van der Waals surface area (Å²) < 4.78 is 1.24. The summed E-state index contributed by atoms with van der Waals surface area (Å²) in [7, 11) is 1.46. The summed E-state index contributed by atoms with van der Waals surface area (Å²) in [5, 5.41) is 20.5. The zero-order valence-electron chi connectivity index (χ0n) is 9.55. The topological polar surface area (TPSA) is 133 Å². The van der Waals surface area contributed by atoms with Gasteiger partial charge in [0.15, 0.2) is 5.25 Å². The average Bonchev–Trinajstić information content (AvgIpc) is 2.94. The summed E-state index contributed by atoms with van der Waals surface area (Å²) in [6, 6.07) is 0. The van der Waals surface area contributed by atoms with Crippen molar-refractivity contribution in [3.63, 3.8) is 0 Å². The highest BCUT2D eigenvalue weighted by molar-refractivity contribution is 7.80. The Morgan fingerprint density at radius 3 is 2.47 bits per heavy atom. The number of hydrogen-bond acceptors (Lipinski definition) is 7. The number of imidazole rings is 2. The van der Waals surface area contributed by atoms with Gasteiger partial charge in [-0.1, -0.05) is 0 Å². The third-order valence-electron chi connectivity index (χ3n) is 2.47. The first kappa shape index (κ1) is 13.0. The van der Waals surface area contributed by atoms with E-state index < -0.39 is 15.1 Å². The van der Waals surface area contributed by atoms with Gasteiger partial charge in [0.05, 0.1) is 7.05 Å². The van der Waals surface area contributed by atoms with Gasteiger partial charge in [0.1, 0.15) is 12.4 Å². The SMILES string of the molecule is Cn1c([N+](=O)[O-])cnc1C(S)c1ncc([N+](=O)[O-])[nH]1. The van der Waals surface area contributed by atoms with Crippen LogP contribution in [0.1, 0.15) is 16.9 Å². The van der Waals surface area contributed by atoms with Gasteiger partial charge in [0.25, 0.3) is 0 Å². The van der Waals surface area contributed by atoms with E-state index in [-0.39, 0.29) is 23.3 Å². The second kappa shape index (κ2) is 4.68. The van der Waals surface area contributed by atoms with E-state index in [1.165, 1.54) is 11.6 Å². The van der Waals surface area contributed by atoms with E-state index in [2.05, 4.69) is 27.6 Å². The fourth-order valence-corrected chi connectivity index (χ4v) is 1.89. The van der Waals surface area contributed by atoms with E-state index in [1.807, 2.05) is 0 Å². The summed E-state index contributed by atoms with van der Waals surface area (Å²) in [5.74, 6) is -0.0224. The fourth-order valence-electron chi connectivity index (χ4n) is 1.52. The highest BCUT2D eigenvalue weighted by Crippen LogP contribution is 2.28. The van der Waals surface area contributed by atoms with Gasteiger partial charge in [0, 0.05) is 0 Å². The lowest BCUT2D eigenvalue weighted by Gasteiger charge is -2.02. The number of nitrogens with one attached hydrogen (secondary N) is 1. The maximum Gasteiger partial charge on any atom is 0.342 e. The van der Waals surface area contributed by atoms with Gasteiger partial charge < -0.3 is 20.2 Å². The number of aromatic nitrogens is 4. The Morgan fingerprint density at radius 1 is 1.32 bits per heavy atom. The number of hydrogen-bond donors (Lipinski definition) is 2. The molecule has 0 aliphatic carbocycles. The van der Waals surface area contributed by atoms with Gasteiger partial charge in [-0.2, -0.15) is 12.6 Å². The number of nitro groups is 2. The van der Waals surface area contributed by atoms with Crippen LogP contribution >= 0.6 is 12.6 Å². The van der Waals surface area contributed by atoms with E-state index in [9.17, 15) is 20.2 Å². The molecule has 0 aromatic carbocycles. The van der Waals surface area contributed by atoms with E-state index in [0.717, 1.165) is 12.4 Å². The Hall–Kier alpha value is -2.43. The molecule has 2 heterocycles. The summed E-state index contributed by atoms with van der Waals surface area (Å²) in [6.07, 6.45) is 2.14. The van der Waals surface area contributed by atoms with Crippen LogP contribution in [-0.2, 0) is 7.05 Å². The van der Waals surface area contributed by atoms with Gasteiger partial charge in [0.2, 0.25) is 11.6 Å². The van der Waals surface area contributed by atoms with Gasteiger partial charge in [-0.05, 0) is 9.85 Å². The summed E-state index contributed by atoms with van der Waals surface area (Å²) in [4.78, 5) is 30.2. The summed E-state index contributed by atoms with van der Waals surface area (Å²) in [5.41, 5.74) is 0. The predicted molar refractivity (Wildman–Crippen MR) is 65.9 cm³/mol. The smallest absolute Gasteiger partial charge is 0.342 e. The quantitative estimate of drug-likeness (QED) is 0.488. The van der Waals surface area contributed by atoms with Crippen LogP contribution in [0.4, 0.5) is 11.6 Å². The normalized spacial score (nSPS) is 12.3. The molecule has 11 heteroatoms. The third-order valence-corrected chi connectivity index (χ3v) is 2.94. The first-order chi connectivity index (χ1) is 8.91. The Kier molecular flexibility index (Phi) is 3.21. The number of rotatable bonds is 4. The van der Waals surface area contributed by atoms with Crippen LogP contribution in [-0.4, -0.2) is 29.4 Å². The Labute approximate surface area is 111 Å². The van der Waals surface area contributed by atoms with Crippen molar-refractivity contribution < 1.29 is 9.85 Å². The van der Waals surface area contributed by atoms with E-state index in [1.54, 1.807) is 0 Å². The van der Waals surface area contributed by atoms with E-state index in [0.29, 0.717) is 0 Å². The first-order valence-electron chi connectivity index (χ1n) is 4.95. The molecule has 100 valence electrons. The number of H-pyrrole nitrogens is 1. The van der Waals surface area contributed by atoms with Crippen molar-refractivity contribution in [1.82, 2.24) is 19.5 Å². The molecule has 2 aromatic heterocycles. The van der Waals surface area contributed by atoms with Crippen molar-refractivity contribution in [3.05, 3.63) is 44.3 Å². The molecular formula is C8H8N6O4S. The lowest BCUT2D eigenvalue weighted by molar-refractivity contribution is -0.391. The second-order valence-corrected chi connectivity index (χ2v) is 4.12. The molecule has 0 bridgehead atoms. The van der Waals surface area contributed by atoms with Gasteiger partial charge in [-0.15, -0.1) is 0 Å². The van der Waals surface area contributed by atoms with Crippen molar-refractivity contribution in [1.29, 1.82) is 0 Å². The number of thiol groups is 1. The van der Waals surface area contributed by atoms with Crippen molar-refractivity contribution in [2.45, 2.75) is 5.25 Å².